The van der Waals surface area contributed by atoms with E-state index < -0.39 is 0 Å². The van der Waals surface area contributed by atoms with Gasteiger partial charge < -0.3 is 15.6 Å². The largest absolute Gasteiger partial charge is 0.370 e. The second kappa shape index (κ2) is 7.51. The van der Waals surface area contributed by atoms with Gasteiger partial charge in [-0.1, -0.05) is 25.2 Å². The van der Waals surface area contributed by atoms with Crippen LogP contribution in [0.15, 0.2) is 24.6 Å². The quantitative estimate of drug-likeness (QED) is 0.836. The van der Waals surface area contributed by atoms with Crippen LogP contribution in [0.25, 0.3) is 17.1 Å². The molecule has 1 aliphatic carbocycles. The van der Waals surface area contributed by atoms with E-state index in [1.165, 1.54) is 36.4 Å². The molecule has 1 saturated heterocycles. The maximum Gasteiger partial charge on any atom is 0.214 e. The first-order chi connectivity index (χ1) is 12.1. The molecule has 2 aromatic heterocycles. The summed E-state index contributed by atoms with van der Waals surface area (Å²) < 4.78 is 0. The number of H-pyrrole nitrogens is 1. The van der Waals surface area contributed by atoms with E-state index in [2.05, 4.69) is 56.8 Å². The van der Waals surface area contributed by atoms with E-state index in [9.17, 15) is 4.79 Å². The summed E-state index contributed by atoms with van der Waals surface area (Å²) in [7, 11) is 0. The van der Waals surface area contributed by atoms with E-state index in [0.29, 0.717) is 0 Å². The first kappa shape index (κ1) is 17.2. The summed E-state index contributed by atoms with van der Waals surface area (Å²) in [5.41, 5.74) is 7.92. The number of amides is 1. The number of carbonyl (C=O) groups excluding carboxylic acids is 1. The molecule has 0 spiro atoms. The van der Waals surface area contributed by atoms with Gasteiger partial charge in [0.2, 0.25) is 5.91 Å². The molecule has 1 atom stereocenters. The van der Waals surface area contributed by atoms with Gasteiger partial charge in [-0.2, -0.15) is 0 Å². The topological polar surface area (TPSA) is 87.9 Å². The standard InChI is InChI=1S/C17H20N4.C2H5NO/c1-12-6-5-9-21(10-12)17-15-13-7-3-2-4-8-14(13)20-16(15)18-11-19-17;1-2(3)4/h2-4,8,11-12H,5-7,9-10H2,1H3,(H,18,19,20);1H3,(H2,3,4). The Hall–Kier alpha value is -2.63. The summed E-state index contributed by atoms with van der Waals surface area (Å²) in [6, 6.07) is 0. The molecule has 6 nitrogen and oxygen atoms in total. The van der Waals surface area contributed by atoms with Crippen molar-refractivity contribution in [1.82, 2.24) is 15.0 Å². The number of primary amides is 1. The number of aromatic amines is 1. The van der Waals surface area contributed by atoms with Gasteiger partial charge in [0, 0.05) is 25.7 Å². The SMILES string of the molecule is CC(N)=O.CC1CCCN(c2ncnc3[nH]c4c(c23)CC=CC=C4)C1. The minimum absolute atomic E-state index is 0.333. The van der Waals surface area contributed by atoms with Crippen LogP contribution in [0.4, 0.5) is 5.82 Å². The van der Waals surface area contributed by atoms with Crippen molar-refractivity contribution in [2.45, 2.75) is 33.1 Å². The Bertz CT molecular complexity index is 817. The van der Waals surface area contributed by atoms with Crippen molar-refractivity contribution in [2.24, 2.45) is 11.7 Å². The van der Waals surface area contributed by atoms with Crippen LogP contribution in [-0.4, -0.2) is 33.9 Å². The van der Waals surface area contributed by atoms with Crippen LogP contribution < -0.4 is 10.6 Å². The third-order valence-corrected chi connectivity index (χ3v) is 4.50. The van der Waals surface area contributed by atoms with Crippen molar-refractivity contribution in [1.29, 1.82) is 0 Å². The highest BCUT2D eigenvalue weighted by molar-refractivity contribution is 5.94. The molecule has 25 heavy (non-hydrogen) atoms. The third kappa shape index (κ3) is 3.90. The molecule has 2 aliphatic rings. The van der Waals surface area contributed by atoms with Crippen molar-refractivity contribution < 1.29 is 4.79 Å². The van der Waals surface area contributed by atoms with Crippen molar-refractivity contribution in [2.75, 3.05) is 18.0 Å². The number of allylic oxidation sites excluding steroid dienone is 3. The highest BCUT2D eigenvalue weighted by atomic mass is 16.1. The predicted molar refractivity (Wildman–Crippen MR) is 101 cm³/mol. The summed E-state index contributed by atoms with van der Waals surface area (Å²) in [6.45, 7) is 5.83. The van der Waals surface area contributed by atoms with Crippen molar-refractivity contribution in [3.05, 3.63) is 35.8 Å². The van der Waals surface area contributed by atoms with Crippen molar-refractivity contribution in [3.8, 4) is 0 Å². The van der Waals surface area contributed by atoms with Crippen LogP contribution in [0.3, 0.4) is 0 Å². The van der Waals surface area contributed by atoms with Crippen LogP contribution >= 0.6 is 0 Å². The molecule has 132 valence electrons. The highest BCUT2D eigenvalue weighted by Gasteiger charge is 2.23. The monoisotopic (exact) mass is 339 g/mol. The molecule has 3 N–H and O–H groups in total. The number of nitrogens with two attached hydrogens (primary N) is 1. The second-order valence-corrected chi connectivity index (χ2v) is 6.73. The molecule has 2 aromatic rings. The maximum atomic E-state index is 9.22. The lowest BCUT2D eigenvalue weighted by molar-refractivity contribution is -0.115. The van der Waals surface area contributed by atoms with Gasteiger partial charge >= 0.3 is 0 Å². The molecular weight excluding hydrogens is 314 g/mol. The van der Waals surface area contributed by atoms with Gasteiger partial charge in [0.15, 0.2) is 0 Å². The molecule has 0 aromatic carbocycles. The highest BCUT2D eigenvalue weighted by Crippen LogP contribution is 2.33. The molecule has 0 bridgehead atoms. The maximum absolute atomic E-state index is 9.22. The van der Waals surface area contributed by atoms with Gasteiger partial charge in [-0.3, -0.25) is 4.79 Å². The van der Waals surface area contributed by atoms with Crippen LogP contribution in [0.1, 0.15) is 37.9 Å². The average molecular weight is 339 g/mol. The molecule has 4 rings (SSSR count). The summed E-state index contributed by atoms with van der Waals surface area (Å²) in [6.07, 6.45) is 13.7. The molecule has 1 fully saturated rings. The lowest BCUT2D eigenvalue weighted by atomic mass is 9.99. The van der Waals surface area contributed by atoms with Crippen LogP contribution in [-0.2, 0) is 11.2 Å². The van der Waals surface area contributed by atoms with E-state index in [-0.39, 0.29) is 5.91 Å². The Balaban J connectivity index is 0.000000415. The van der Waals surface area contributed by atoms with Crippen LogP contribution in [0.5, 0.6) is 0 Å². The zero-order valence-electron chi connectivity index (χ0n) is 14.8. The van der Waals surface area contributed by atoms with Gasteiger partial charge in [0.25, 0.3) is 0 Å². The minimum Gasteiger partial charge on any atom is -0.370 e. The Labute approximate surface area is 147 Å². The van der Waals surface area contributed by atoms with E-state index in [1.54, 1.807) is 6.33 Å². The number of fused-ring (bicyclic) bond motifs is 3. The fourth-order valence-electron chi connectivity index (χ4n) is 3.48. The number of carbonyl (C=O) groups is 1. The zero-order valence-corrected chi connectivity index (χ0v) is 14.8. The molecule has 0 saturated carbocycles. The van der Waals surface area contributed by atoms with Crippen LogP contribution in [0, 0.1) is 5.92 Å². The predicted octanol–water partition coefficient (Wildman–Crippen LogP) is 2.81. The summed E-state index contributed by atoms with van der Waals surface area (Å²) >= 11 is 0. The fraction of sp³-hybridized carbons (Fsp3) is 0.421. The molecule has 1 unspecified atom stereocenters. The van der Waals surface area contributed by atoms with Gasteiger partial charge in [0.1, 0.15) is 17.8 Å². The average Bonchev–Trinajstić information content (AvgIpc) is 2.76. The first-order valence-electron chi connectivity index (χ1n) is 8.76. The summed E-state index contributed by atoms with van der Waals surface area (Å²) in [5, 5.41) is 1.21. The van der Waals surface area contributed by atoms with E-state index in [4.69, 9.17) is 0 Å². The van der Waals surface area contributed by atoms with Crippen molar-refractivity contribution >= 4 is 28.8 Å². The second-order valence-electron chi connectivity index (χ2n) is 6.73. The Morgan fingerprint density at radius 2 is 2.16 bits per heavy atom. The van der Waals surface area contributed by atoms with Crippen molar-refractivity contribution in [3.63, 3.8) is 0 Å². The van der Waals surface area contributed by atoms with Crippen LogP contribution in [0.2, 0.25) is 0 Å². The molecular formula is C19H25N5O. The van der Waals surface area contributed by atoms with E-state index >= 15 is 0 Å². The first-order valence-corrected chi connectivity index (χ1v) is 8.76. The zero-order chi connectivity index (χ0) is 17.8. The van der Waals surface area contributed by atoms with E-state index in [0.717, 1.165) is 36.9 Å². The number of aromatic nitrogens is 3. The number of hydrogen-bond acceptors (Lipinski definition) is 4. The third-order valence-electron chi connectivity index (χ3n) is 4.50. The van der Waals surface area contributed by atoms with Gasteiger partial charge in [-0.15, -0.1) is 0 Å². The summed E-state index contributed by atoms with van der Waals surface area (Å²) in [5.74, 6) is 1.51. The fourth-order valence-corrected chi connectivity index (χ4v) is 3.48. The normalized spacial score (nSPS) is 19.1. The Morgan fingerprint density at radius 1 is 1.36 bits per heavy atom. The number of rotatable bonds is 1. The smallest absolute Gasteiger partial charge is 0.214 e. The number of anilines is 1. The summed E-state index contributed by atoms with van der Waals surface area (Å²) in [4.78, 5) is 24.2. The molecule has 1 amide bonds. The number of piperidine rings is 1. The molecule has 0 radical (unpaired) electrons. The van der Waals surface area contributed by atoms with E-state index in [1.807, 2.05) is 0 Å². The minimum atomic E-state index is -0.333. The van der Waals surface area contributed by atoms with Gasteiger partial charge in [0.05, 0.1) is 5.39 Å². The number of nitrogens with one attached hydrogen (secondary N) is 1. The molecule has 1 aliphatic heterocycles. The number of hydrogen-bond donors (Lipinski definition) is 2. The lowest BCUT2D eigenvalue weighted by Gasteiger charge is -2.32. The lowest BCUT2D eigenvalue weighted by Crippen LogP contribution is -2.35. The molecule has 3 heterocycles. The van der Waals surface area contributed by atoms with Gasteiger partial charge in [-0.25, -0.2) is 9.97 Å². The Morgan fingerprint density at radius 3 is 2.92 bits per heavy atom. The molecule has 6 heteroatoms. The Kier molecular flexibility index (Phi) is 5.16. The number of nitrogens with zero attached hydrogens (tertiary/aromatic N) is 3. The van der Waals surface area contributed by atoms with Gasteiger partial charge in [-0.05, 0) is 36.8 Å².